The van der Waals surface area contributed by atoms with E-state index in [1.807, 2.05) is 16.8 Å². The predicted molar refractivity (Wildman–Crippen MR) is 110 cm³/mol. The molecule has 0 amide bonds. The van der Waals surface area contributed by atoms with Crippen LogP contribution in [-0.4, -0.2) is 35.3 Å². The second-order valence-corrected chi connectivity index (χ2v) is 7.78. The average Bonchev–Trinajstić information content (AvgIpc) is 3.11. The summed E-state index contributed by atoms with van der Waals surface area (Å²) in [4.78, 5) is 8.76. The topological polar surface area (TPSA) is 53.2 Å². The molecule has 0 atom stereocenters. The Labute approximate surface area is 161 Å². The van der Waals surface area contributed by atoms with Gasteiger partial charge in [0.05, 0.1) is 22.5 Å². The lowest BCUT2D eigenvalue weighted by Crippen LogP contribution is -2.14. The molecule has 0 aromatic carbocycles. The number of alkyl halides is 2. The number of anilines is 1. The van der Waals surface area contributed by atoms with E-state index in [0.717, 1.165) is 29.8 Å². The Morgan fingerprint density at radius 2 is 2.19 bits per heavy atom. The van der Waals surface area contributed by atoms with E-state index >= 15 is 0 Å². The van der Waals surface area contributed by atoms with E-state index in [4.69, 9.17) is 0 Å². The van der Waals surface area contributed by atoms with Crippen LogP contribution in [0.1, 0.15) is 32.3 Å². The lowest BCUT2D eigenvalue weighted by atomic mass is 10.2. The van der Waals surface area contributed by atoms with Crippen molar-refractivity contribution in [1.82, 2.24) is 4.98 Å². The molecule has 0 bridgehead atoms. The van der Waals surface area contributed by atoms with Gasteiger partial charge in [-0.25, -0.2) is 8.78 Å². The van der Waals surface area contributed by atoms with Crippen LogP contribution in [0.15, 0.2) is 44.8 Å². The highest BCUT2D eigenvalue weighted by Crippen LogP contribution is 2.36. The summed E-state index contributed by atoms with van der Waals surface area (Å²) in [5, 5.41) is 7.49. The number of aryl methyl sites for hydroxylation is 1. The number of halogens is 2. The molecule has 0 fully saturated rings. The molecule has 140 valence electrons. The Morgan fingerprint density at radius 1 is 1.38 bits per heavy atom. The summed E-state index contributed by atoms with van der Waals surface area (Å²) in [6, 6.07) is 2.09. The molecule has 1 aliphatic rings. The van der Waals surface area contributed by atoms with Crippen molar-refractivity contribution in [2.75, 3.05) is 9.46 Å². The second-order valence-electron chi connectivity index (χ2n) is 5.36. The summed E-state index contributed by atoms with van der Waals surface area (Å²) in [5.41, 5.74) is 2.33. The van der Waals surface area contributed by atoms with Crippen molar-refractivity contribution in [3.8, 4) is 0 Å². The van der Waals surface area contributed by atoms with Gasteiger partial charge in [-0.1, -0.05) is 20.3 Å². The van der Waals surface area contributed by atoms with Crippen LogP contribution in [-0.2, 0) is 6.42 Å². The third-order valence-electron chi connectivity index (χ3n) is 3.35. The second kappa shape index (κ2) is 10.4. The van der Waals surface area contributed by atoms with E-state index in [0.29, 0.717) is 10.6 Å². The zero-order valence-corrected chi connectivity index (χ0v) is 16.4. The van der Waals surface area contributed by atoms with Crippen molar-refractivity contribution in [2.45, 2.75) is 39.5 Å². The Balaban J connectivity index is 2.20. The fraction of sp³-hybridized carbons (Fsp3) is 0.412. The number of hydrogen-bond donors (Lipinski definition) is 0. The predicted octanol–water partition coefficient (Wildman–Crippen LogP) is 5.16. The first-order valence-corrected chi connectivity index (χ1v) is 9.93. The zero-order chi connectivity index (χ0) is 18.9. The van der Waals surface area contributed by atoms with E-state index in [2.05, 4.69) is 39.9 Å². The van der Waals surface area contributed by atoms with Crippen LogP contribution in [0.3, 0.4) is 0 Å². The van der Waals surface area contributed by atoms with Crippen molar-refractivity contribution in [3.63, 3.8) is 0 Å². The maximum Gasteiger partial charge on any atom is 0.278 e. The lowest BCUT2D eigenvalue weighted by Gasteiger charge is -2.22. The first-order valence-electron chi connectivity index (χ1n) is 8.21. The van der Waals surface area contributed by atoms with Gasteiger partial charge >= 0.3 is 0 Å². The van der Waals surface area contributed by atoms with E-state index < -0.39 is 6.43 Å². The molecule has 26 heavy (non-hydrogen) atoms. The average molecular weight is 398 g/mol. The summed E-state index contributed by atoms with van der Waals surface area (Å²) in [6.45, 7) is 7.64. The van der Waals surface area contributed by atoms with Gasteiger partial charge in [0.2, 0.25) is 0 Å². The molecule has 0 N–H and O–H groups in total. The molecule has 5 nitrogen and oxygen atoms in total. The van der Waals surface area contributed by atoms with E-state index in [-0.39, 0.29) is 12.1 Å². The van der Waals surface area contributed by atoms with E-state index in [1.54, 1.807) is 18.1 Å². The first kappa shape index (κ1) is 20.6. The zero-order valence-electron chi connectivity index (χ0n) is 14.7. The van der Waals surface area contributed by atoms with Gasteiger partial charge in [0, 0.05) is 36.5 Å². The van der Waals surface area contributed by atoms with Crippen LogP contribution in [0, 0.1) is 0 Å². The molecule has 0 radical (unpaired) electrons. The molecule has 2 heterocycles. The quantitative estimate of drug-likeness (QED) is 0.404. The van der Waals surface area contributed by atoms with Crippen LogP contribution in [0.4, 0.5) is 14.5 Å². The van der Waals surface area contributed by atoms with Gasteiger partial charge < -0.3 is 0 Å². The Bertz CT molecular complexity index is 719. The molecular formula is C17H21F2N5S2. The fourth-order valence-corrected chi connectivity index (χ4v) is 4.19. The number of rotatable bonds is 10. The largest absolute Gasteiger partial charge is 0.278 e. The maximum absolute atomic E-state index is 12.8. The van der Waals surface area contributed by atoms with Crippen LogP contribution in [0.25, 0.3) is 0 Å². The van der Waals surface area contributed by atoms with Gasteiger partial charge in [0.15, 0.2) is 0 Å². The van der Waals surface area contributed by atoms with Crippen LogP contribution in [0.2, 0.25) is 0 Å². The minimum absolute atomic E-state index is 0.0186. The molecule has 0 aliphatic carbocycles. The summed E-state index contributed by atoms with van der Waals surface area (Å²) < 4.78 is 27.7. The highest BCUT2D eigenvalue weighted by atomic mass is 32.2. The van der Waals surface area contributed by atoms with Crippen molar-refractivity contribution in [2.24, 2.45) is 15.2 Å². The normalized spacial score (nSPS) is 14.4. The molecule has 1 aliphatic heterocycles. The van der Waals surface area contributed by atoms with Crippen LogP contribution in [0.5, 0.6) is 0 Å². The lowest BCUT2D eigenvalue weighted by molar-refractivity contribution is 0.224. The molecule has 0 saturated carbocycles. The smallest absolute Gasteiger partial charge is 0.271 e. The summed E-state index contributed by atoms with van der Waals surface area (Å²) in [5.74, 6) is 0.838. The highest BCUT2D eigenvalue weighted by molar-refractivity contribution is 8.20. The maximum atomic E-state index is 12.8. The molecule has 0 spiro atoms. The summed E-state index contributed by atoms with van der Waals surface area (Å²) in [6.07, 6.45) is 4.57. The van der Waals surface area contributed by atoms with Crippen molar-refractivity contribution >= 4 is 47.7 Å². The third kappa shape index (κ3) is 5.63. The van der Waals surface area contributed by atoms with Gasteiger partial charge in [-0.3, -0.25) is 13.7 Å². The molecule has 2 rings (SSSR count). The Morgan fingerprint density at radius 3 is 2.81 bits per heavy atom. The fourth-order valence-electron chi connectivity index (χ4n) is 2.22. The van der Waals surface area contributed by atoms with Crippen molar-refractivity contribution in [1.29, 1.82) is 0 Å². The summed E-state index contributed by atoms with van der Waals surface area (Å²) >= 11 is 2.95. The number of nitrogens with zero attached hydrogens (tertiary/aromatic N) is 5. The Kier molecular flexibility index (Phi) is 8.24. The van der Waals surface area contributed by atoms with E-state index in [1.165, 1.54) is 18.1 Å². The van der Waals surface area contributed by atoms with Gasteiger partial charge in [-0.05, 0) is 36.7 Å². The monoisotopic (exact) mass is 397 g/mol. The molecule has 1 aromatic heterocycles. The SMILES string of the molecule is C=N/C=C(\SN(SCC)c1cncc(CCC)c1)C1=NN=C(C(F)F)C1. The number of hydrogen-bond acceptors (Lipinski definition) is 7. The number of allylic oxidation sites excluding steroid dienone is 1. The molecular weight excluding hydrogens is 376 g/mol. The van der Waals surface area contributed by atoms with Gasteiger partial charge in [0.25, 0.3) is 6.43 Å². The van der Waals surface area contributed by atoms with Crippen LogP contribution < -0.4 is 3.71 Å². The highest BCUT2D eigenvalue weighted by Gasteiger charge is 2.25. The van der Waals surface area contributed by atoms with Crippen molar-refractivity contribution < 1.29 is 8.78 Å². The first-order chi connectivity index (χ1) is 12.6. The third-order valence-corrected chi connectivity index (χ3v) is 5.51. The standard InChI is InChI=1S/C17H21F2N5S2/c1-4-6-12-7-13(10-21-9-12)24(25-5-2)26-16(11-20-3)14-8-15(17(18)19)23-22-14/h7,9-11,17H,3-6,8H2,1-2H3/b16-11-. The number of aliphatic imine (C=N–C) groups is 1. The summed E-state index contributed by atoms with van der Waals surface area (Å²) in [7, 11) is 0. The van der Waals surface area contributed by atoms with Crippen molar-refractivity contribution in [3.05, 3.63) is 35.1 Å². The number of pyridine rings is 1. The Hall–Kier alpha value is -1.74. The molecule has 9 heteroatoms. The minimum Gasteiger partial charge on any atom is -0.271 e. The molecule has 1 aromatic rings. The number of aromatic nitrogens is 1. The minimum atomic E-state index is -2.60. The van der Waals surface area contributed by atoms with Gasteiger partial charge in [0.1, 0.15) is 5.71 Å². The van der Waals surface area contributed by atoms with Crippen LogP contribution >= 0.6 is 23.9 Å². The molecule has 0 saturated heterocycles. The van der Waals surface area contributed by atoms with Gasteiger partial charge in [-0.15, -0.1) is 0 Å². The van der Waals surface area contributed by atoms with E-state index in [9.17, 15) is 8.78 Å². The molecule has 0 unspecified atom stereocenters. The van der Waals surface area contributed by atoms with Gasteiger partial charge in [-0.2, -0.15) is 10.2 Å².